The van der Waals surface area contributed by atoms with Gasteiger partial charge in [-0.2, -0.15) is 0 Å². The van der Waals surface area contributed by atoms with Crippen molar-refractivity contribution in [3.63, 3.8) is 0 Å². The molecule has 0 radical (unpaired) electrons. The molecule has 1 aromatic carbocycles. The van der Waals surface area contributed by atoms with Gasteiger partial charge in [0.15, 0.2) is 0 Å². The van der Waals surface area contributed by atoms with Gasteiger partial charge in [-0.1, -0.05) is 30.3 Å². The molecule has 4 heteroatoms. The lowest BCUT2D eigenvalue weighted by atomic mass is 10.0. The summed E-state index contributed by atoms with van der Waals surface area (Å²) in [5.41, 5.74) is 6.64. The Labute approximate surface area is 127 Å². The molecule has 3 N–H and O–H groups in total. The number of carbonyl (C=O) groups is 1. The van der Waals surface area contributed by atoms with Gasteiger partial charge in [0.05, 0.1) is 6.54 Å². The molecule has 1 unspecified atom stereocenters. The van der Waals surface area contributed by atoms with Crippen LogP contribution in [0.5, 0.6) is 0 Å². The van der Waals surface area contributed by atoms with Gasteiger partial charge < -0.3 is 11.1 Å². The van der Waals surface area contributed by atoms with Crippen molar-refractivity contribution in [2.24, 2.45) is 5.73 Å². The minimum Gasteiger partial charge on any atom is -0.369 e. The molecular formula is C17H27N3O. The summed E-state index contributed by atoms with van der Waals surface area (Å²) >= 11 is 0. The summed E-state index contributed by atoms with van der Waals surface area (Å²) in [6.07, 6.45) is 4.48. The molecule has 0 aromatic heterocycles. The van der Waals surface area contributed by atoms with Crippen molar-refractivity contribution in [2.75, 3.05) is 19.6 Å². The number of nitrogens with two attached hydrogens (primary N) is 1. The fourth-order valence-electron chi connectivity index (χ4n) is 2.99. The Balaban J connectivity index is 1.65. The lowest BCUT2D eigenvalue weighted by Gasteiger charge is -2.33. The average Bonchev–Trinajstić information content (AvgIpc) is 2.48. The topological polar surface area (TPSA) is 58.4 Å². The van der Waals surface area contributed by atoms with E-state index in [1.807, 2.05) is 0 Å². The third kappa shape index (κ3) is 5.86. The van der Waals surface area contributed by atoms with Gasteiger partial charge in [-0.15, -0.1) is 0 Å². The lowest BCUT2D eigenvalue weighted by molar-refractivity contribution is -0.119. The highest BCUT2D eigenvalue weighted by Crippen LogP contribution is 2.12. The van der Waals surface area contributed by atoms with E-state index in [1.165, 1.54) is 5.56 Å². The Morgan fingerprint density at radius 3 is 2.62 bits per heavy atom. The first-order chi connectivity index (χ1) is 10.1. The molecule has 0 saturated carbocycles. The Hall–Kier alpha value is -1.39. The van der Waals surface area contributed by atoms with E-state index < -0.39 is 0 Å². The first kappa shape index (κ1) is 16.0. The van der Waals surface area contributed by atoms with Crippen LogP contribution >= 0.6 is 0 Å². The van der Waals surface area contributed by atoms with Gasteiger partial charge in [0, 0.05) is 25.2 Å². The normalized spacial score (nSPS) is 18.5. The number of hydrogen-bond acceptors (Lipinski definition) is 3. The van der Waals surface area contributed by atoms with Crippen molar-refractivity contribution < 1.29 is 4.79 Å². The molecule has 1 saturated heterocycles. The number of rotatable bonds is 7. The van der Waals surface area contributed by atoms with Gasteiger partial charge in [0.1, 0.15) is 0 Å². The predicted octanol–water partition coefficient (Wildman–Crippen LogP) is 1.55. The Kier molecular flexibility index (Phi) is 6.21. The summed E-state index contributed by atoms with van der Waals surface area (Å²) in [4.78, 5) is 13.1. The van der Waals surface area contributed by atoms with E-state index in [0.717, 1.165) is 38.8 Å². The molecule has 2 rings (SSSR count). The molecule has 1 atom stereocenters. The lowest BCUT2D eigenvalue weighted by Crippen LogP contribution is -2.47. The number of amides is 1. The molecule has 1 aliphatic rings. The van der Waals surface area contributed by atoms with E-state index in [9.17, 15) is 4.79 Å². The number of likely N-dealkylation sites (tertiary alicyclic amines) is 1. The van der Waals surface area contributed by atoms with Crippen LogP contribution in [0.2, 0.25) is 0 Å². The second-order valence-corrected chi connectivity index (χ2v) is 6.11. The molecule has 1 fully saturated rings. The van der Waals surface area contributed by atoms with Gasteiger partial charge in [-0.05, 0) is 38.2 Å². The van der Waals surface area contributed by atoms with Crippen LogP contribution in [0.4, 0.5) is 0 Å². The van der Waals surface area contributed by atoms with Gasteiger partial charge in [0.25, 0.3) is 0 Å². The smallest absolute Gasteiger partial charge is 0.231 e. The molecule has 116 valence electrons. The maximum Gasteiger partial charge on any atom is 0.231 e. The van der Waals surface area contributed by atoms with Crippen LogP contribution in [-0.2, 0) is 11.2 Å². The van der Waals surface area contributed by atoms with Gasteiger partial charge >= 0.3 is 0 Å². The van der Waals surface area contributed by atoms with E-state index in [4.69, 9.17) is 5.73 Å². The molecule has 21 heavy (non-hydrogen) atoms. The zero-order valence-corrected chi connectivity index (χ0v) is 12.9. The Morgan fingerprint density at radius 2 is 2.00 bits per heavy atom. The van der Waals surface area contributed by atoms with Crippen molar-refractivity contribution in [1.29, 1.82) is 0 Å². The number of nitrogens with one attached hydrogen (secondary N) is 1. The monoisotopic (exact) mass is 289 g/mol. The number of primary amides is 1. The number of nitrogens with zero attached hydrogens (tertiary/aromatic N) is 1. The molecule has 0 spiro atoms. The Morgan fingerprint density at radius 1 is 1.33 bits per heavy atom. The highest BCUT2D eigenvalue weighted by Gasteiger charge is 2.20. The summed E-state index contributed by atoms with van der Waals surface area (Å²) in [7, 11) is 0. The molecule has 0 bridgehead atoms. The van der Waals surface area contributed by atoms with Crippen molar-refractivity contribution in [1.82, 2.24) is 10.2 Å². The third-order valence-corrected chi connectivity index (χ3v) is 4.20. The van der Waals surface area contributed by atoms with Crippen LogP contribution < -0.4 is 11.1 Å². The summed E-state index contributed by atoms with van der Waals surface area (Å²) < 4.78 is 0. The zero-order valence-electron chi connectivity index (χ0n) is 12.9. The number of hydrogen-bond donors (Lipinski definition) is 2. The molecule has 1 amide bonds. The molecule has 1 aliphatic heterocycles. The summed E-state index contributed by atoms with van der Waals surface area (Å²) in [6, 6.07) is 11.7. The van der Waals surface area contributed by atoms with Crippen molar-refractivity contribution in [2.45, 2.75) is 44.7 Å². The first-order valence-corrected chi connectivity index (χ1v) is 7.94. The fourth-order valence-corrected chi connectivity index (χ4v) is 2.99. The quantitative estimate of drug-likeness (QED) is 0.800. The second-order valence-electron chi connectivity index (χ2n) is 6.11. The van der Waals surface area contributed by atoms with Crippen LogP contribution in [0.25, 0.3) is 0 Å². The number of carbonyl (C=O) groups excluding carboxylic acids is 1. The SMILES string of the molecule is CC(CCc1ccccc1)NC1CCN(CC(N)=O)CC1. The molecule has 1 heterocycles. The van der Waals surface area contributed by atoms with E-state index in [2.05, 4.69) is 47.5 Å². The van der Waals surface area contributed by atoms with E-state index >= 15 is 0 Å². The highest BCUT2D eigenvalue weighted by molar-refractivity contribution is 5.75. The summed E-state index contributed by atoms with van der Waals surface area (Å²) in [6.45, 7) is 4.59. The van der Waals surface area contributed by atoms with Crippen LogP contribution in [-0.4, -0.2) is 42.5 Å². The predicted molar refractivity (Wildman–Crippen MR) is 86.0 cm³/mol. The second kappa shape index (κ2) is 8.15. The number of benzene rings is 1. The molecular weight excluding hydrogens is 262 g/mol. The maximum absolute atomic E-state index is 10.9. The molecule has 1 aromatic rings. The maximum atomic E-state index is 10.9. The highest BCUT2D eigenvalue weighted by atomic mass is 16.1. The first-order valence-electron chi connectivity index (χ1n) is 7.94. The van der Waals surface area contributed by atoms with E-state index in [0.29, 0.717) is 18.6 Å². The van der Waals surface area contributed by atoms with Crippen LogP contribution in [0.1, 0.15) is 31.7 Å². The largest absolute Gasteiger partial charge is 0.369 e. The van der Waals surface area contributed by atoms with Crippen molar-refractivity contribution in [3.05, 3.63) is 35.9 Å². The minimum atomic E-state index is -0.224. The van der Waals surface area contributed by atoms with Crippen LogP contribution in [0.15, 0.2) is 30.3 Å². The minimum absolute atomic E-state index is 0.224. The van der Waals surface area contributed by atoms with E-state index in [1.54, 1.807) is 0 Å². The third-order valence-electron chi connectivity index (χ3n) is 4.20. The number of piperidine rings is 1. The fraction of sp³-hybridized carbons (Fsp3) is 0.588. The molecule has 4 nitrogen and oxygen atoms in total. The van der Waals surface area contributed by atoms with E-state index in [-0.39, 0.29) is 5.91 Å². The van der Waals surface area contributed by atoms with Gasteiger partial charge in [0.2, 0.25) is 5.91 Å². The van der Waals surface area contributed by atoms with Crippen molar-refractivity contribution in [3.8, 4) is 0 Å². The molecule has 0 aliphatic carbocycles. The average molecular weight is 289 g/mol. The van der Waals surface area contributed by atoms with Crippen LogP contribution in [0, 0.1) is 0 Å². The van der Waals surface area contributed by atoms with Crippen LogP contribution in [0.3, 0.4) is 0 Å². The zero-order chi connectivity index (χ0) is 15.1. The Bertz CT molecular complexity index is 427. The summed E-state index contributed by atoms with van der Waals surface area (Å²) in [5, 5.41) is 3.72. The summed E-state index contributed by atoms with van der Waals surface area (Å²) in [5.74, 6) is -0.224. The number of aryl methyl sites for hydroxylation is 1. The standard InChI is InChI=1S/C17H27N3O/c1-14(7-8-15-5-3-2-4-6-15)19-16-9-11-20(12-10-16)13-17(18)21/h2-6,14,16,19H,7-13H2,1H3,(H2,18,21). The van der Waals surface area contributed by atoms with Gasteiger partial charge in [-0.3, -0.25) is 9.69 Å². The van der Waals surface area contributed by atoms with Crippen molar-refractivity contribution >= 4 is 5.91 Å². The van der Waals surface area contributed by atoms with Gasteiger partial charge in [-0.25, -0.2) is 0 Å².